The number of rotatable bonds is 1. The van der Waals surface area contributed by atoms with Crippen molar-refractivity contribution in [2.45, 2.75) is 6.04 Å². The third-order valence-electron chi connectivity index (χ3n) is 2.38. The molecule has 1 aromatic carbocycles. The second kappa shape index (κ2) is 4.35. The lowest BCUT2D eigenvalue weighted by Gasteiger charge is -2.25. The van der Waals surface area contributed by atoms with Crippen molar-refractivity contribution < 1.29 is 14.2 Å². The number of aromatic hydroxyl groups is 1. The standard InChI is InChI=1S/C10H11ClFNO2/c11-6-1-2-7(12)9(10(6)14)8-5-15-4-3-13-8/h1-2,8,13-14H,3-5H2/t8-/m1/s1. The molecule has 0 aromatic heterocycles. The van der Waals surface area contributed by atoms with Gasteiger partial charge in [-0.1, -0.05) is 11.6 Å². The van der Waals surface area contributed by atoms with Crippen LogP contribution in [0.3, 0.4) is 0 Å². The summed E-state index contributed by atoms with van der Waals surface area (Å²) in [6.07, 6.45) is 0. The first-order valence-electron chi connectivity index (χ1n) is 4.68. The lowest BCUT2D eigenvalue weighted by Crippen LogP contribution is -2.35. The number of phenols is 1. The highest BCUT2D eigenvalue weighted by molar-refractivity contribution is 6.32. The first-order chi connectivity index (χ1) is 7.20. The van der Waals surface area contributed by atoms with Crippen molar-refractivity contribution in [3.63, 3.8) is 0 Å². The van der Waals surface area contributed by atoms with E-state index in [1.807, 2.05) is 0 Å². The lowest BCUT2D eigenvalue weighted by molar-refractivity contribution is 0.0749. The van der Waals surface area contributed by atoms with E-state index in [1.54, 1.807) is 0 Å². The topological polar surface area (TPSA) is 41.5 Å². The molecule has 0 aliphatic carbocycles. The van der Waals surface area contributed by atoms with E-state index in [0.717, 1.165) is 0 Å². The molecular weight excluding hydrogens is 221 g/mol. The SMILES string of the molecule is Oc1c(Cl)ccc(F)c1[C@H]1COCCN1. The molecule has 0 bridgehead atoms. The predicted octanol–water partition coefficient (Wildman–Crippen LogP) is 1.85. The van der Waals surface area contributed by atoms with Gasteiger partial charge in [-0.25, -0.2) is 4.39 Å². The Balaban J connectivity index is 2.36. The Hall–Kier alpha value is -0.840. The van der Waals surface area contributed by atoms with Gasteiger partial charge in [-0.3, -0.25) is 0 Å². The average Bonchev–Trinajstić information content (AvgIpc) is 2.26. The number of hydrogen-bond acceptors (Lipinski definition) is 3. The molecule has 0 unspecified atom stereocenters. The molecule has 1 atom stereocenters. The van der Waals surface area contributed by atoms with Crippen LogP contribution in [0.1, 0.15) is 11.6 Å². The van der Waals surface area contributed by atoms with Crippen LogP contribution in [0, 0.1) is 5.82 Å². The Morgan fingerprint density at radius 1 is 1.53 bits per heavy atom. The minimum atomic E-state index is -0.472. The minimum Gasteiger partial charge on any atom is -0.506 e. The quantitative estimate of drug-likeness (QED) is 0.775. The lowest BCUT2D eigenvalue weighted by atomic mass is 10.0. The van der Waals surface area contributed by atoms with Crippen LogP contribution in [0.2, 0.25) is 5.02 Å². The molecule has 1 fully saturated rings. The van der Waals surface area contributed by atoms with Crippen molar-refractivity contribution in [1.82, 2.24) is 5.32 Å². The summed E-state index contributed by atoms with van der Waals surface area (Å²) in [5.41, 5.74) is 0.183. The van der Waals surface area contributed by atoms with E-state index in [4.69, 9.17) is 16.3 Å². The van der Waals surface area contributed by atoms with Gasteiger partial charge in [0.05, 0.1) is 29.8 Å². The van der Waals surface area contributed by atoms with E-state index < -0.39 is 5.82 Å². The van der Waals surface area contributed by atoms with Gasteiger partial charge in [0.15, 0.2) is 0 Å². The zero-order valence-corrected chi connectivity index (χ0v) is 8.72. The molecule has 1 aromatic rings. The van der Waals surface area contributed by atoms with Crippen LogP contribution in [-0.4, -0.2) is 24.9 Å². The number of benzene rings is 1. The van der Waals surface area contributed by atoms with Crippen LogP contribution < -0.4 is 5.32 Å². The first-order valence-corrected chi connectivity index (χ1v) is 5.06. The minimum absolute atomic E-state index is 0.152. The first kappa shape index (κ1) is 10.7. The van der Waals surface area contributed by atoms with E-state index in [0.29, 0.717) is 19.8 Å². The Morgan fingerprint density at radius 2 is 2.33 bits per heavy atom. The summed E-state index contributed by atoms with van der Waals surface area (Å²) >= 11 is 5.72. The Kier molecular flexibility index (Phi) is 3.09. The number of nitrogens with one attached hydrogen (secondary N) is 1. The summed E-state index contributed by atoms with van der Waals surface area (Å²) in [5, 5.41) is 12.9. The molecule has 1 aliphatic heterocycles. The third-order valence-corrected chi connectivity index (χ3v) is 2.69. The highest BCUT2D eigenvalue weighted by atomic mass is 35.5. The van der Waals surface area contributed by atoms with Gasteiger partial charge in [-0.05, 0) is 12.1 Å². The molecule has 2 N–H and O–H groups in total. The van der Waals surface area contributed by atoms with Gasteiger partial charge in [0.2, 0.25) is 0 Å². The highest BCUT2D eigenvalue weighted by Gasteiger charge is 2.23. The van der Waals surface area contributed by atoms with E-state index in [1.165, 1.54) is 12.1 Å². The summed E-state index contributed by atoms with van der Waals surface area (Å²) in [5.74, 6) is -0.681. The largest absolute Gasteiger partial charge is 0.506 e. The van der Waals surface area contributed by atoms with Crippen LogP contribution >= 0.6 is 11.6 Å². The summed E-state index contributed by atoms with van der Waals surface area (Å²) in [6, 6.07) is 2.24. The van der Waals surface area contributed by atoms with Crippen molar-refractivity contribution in [2.75, 3.05) is 19.8 Å². The number of ether oxygens (including phenoxy) is 1. The molecule has 1 saturated heterocycles. The van der Waals surface area contributed by atoms with Gasteiger partial charge < -0.3 is 15.2 Å². The van der Waals surface area contributed by atoms with Gasteiger partial charge >= 0.3 is 0 Å². The number of halogens is 2. The zero-order valence-electron chi connectivity index (χ0n) is 7.96. The van der Waals surface area contributed by atoms with Gasteiger partial charge in [0.1, 0.15) is 11.6 Å². The van der Waals surface area contributed by atoms with E-state index in [2.05, 4.69) is 5.32 Å². The fourth-order valence-electron chi connectivity index (χ4n) is 1.64. The van der Waals surface area contributed by atoms with Crippen molar-refractivity contribution >= 4 is 11.6 Å². The van der Waals surface area contributed by atoms with Crippen LogP contribution in [-0.2, 0) is 4.74 Å². The molecule has 0 amide bonds. The normalized spacial score (nSPS) is 21.6. The fourth-order valence-corrected chi connectivity index (χ4v) is 1.80. The van der Waals surface area contributed by atoms with Gasteiger partial charge in [-0.2, -0.15) is 0 Å². The summed E-state index contributed by atoms with van der Waals surface area (Å²) in [6.45, 7) is 1.57. The van der Waals surface area contributed by atoms with E-state index in [9.17, 15) is 9.50 Å². The zero-order chi connectivity index (χ0) is 10.8. The molecule has 0 spiro atoms. The molecule has 0 saturated carbocycles. The maximum atomic E-state index is 13.5. The van der Waals surface area contributed by atoms with Crippen molar-refractivity contribution in [2.24, 2.45) is 0 Å². The summed E-state index contributed by atoms with van der Waals surface area (Å²) in [4.78, 5) is 0. The maximum absolute atomic E-state index is 13.5. The second-order valence-electron chi connectivity index (χ2n) is 3.37. The number of phenolic OH excluding ortho intramolecular Hbond substituents is 1. The van der Waals surface area contributed by atoms with Gasteiger partial charge in [0.25, 0.3) is 0 Å². The molecule has 0 radical (unpaired) electrons. The molecule has 82 valence electrons. The predicted molar refractivity (Wildman–Crippen MR) is 54.6 cm³/mol. The monoisotopic (exact) mass is 231 g/mol. The van der Waals surface area contributed by atoms with Crippen molar-refractivity contribution in [1.29, 1.82) is 0 Å². The van der Waals surface area contributed by atoms with Gasteiger partial charge in [0, 0.05) is 6.54 Å². The number of hydrogen-bond donors (Lipinski definition) is 2. The molecular formula is C10H11ClFNO2. The molecule has 1 heterocycles. The molecule has 15 heavy (non-hydrogen) atoms. The van der Waals surface area contributed by atoms with Crippen LogP contribution in [0.25, 0.3) is 0 Å². The molecule has 2 rings (SSSR count). The van der Waals surface area contributed by atoms with Crippen molar-refractivity contribution in [3.8, 4) is 5.75 Å². The Labute approximate surface area is 91.8 Å². The third kappa shape index (κ3) is 2.07. The second-order valence-corrected chi connectivity index (χ2v) is 3.78. The Bertz CT molecular complexity index is 367. The maximum Gasteiger partial charge on any atom is 0.141 e. The highest BCUT2D eigenvalue weighted by Crippen LogP contribution is 2.34. The van der Waals surface area contributed by atoms with E-state index in [-0.39, 0.29) is 22.4 Å². The van der Waals surface area contributed by atoms with Crippen molar-refractivity contribution in [3.05, 3.63) is 28.5 Å². The van der Waals surface area contributed by atoms with Crippen LogP contribution in [0.4, 0.5) is 4.39 Å². The molecule has 5 heteroatoms. The fraction of sp³-hybridized carbons (Fsp3) is 0.400. The number of morpholine rings is 1. The average molecular weight is 232 g/mol. The smallest absolute Gasteiger partial charge is 0.141 e. The summed E-state index contributed by atoms with van der Waals surface area (Å²) < 4.78 is 18.7. The summed E-state index contributed by atoms with van der Waals surface area (Å²) in [7, 11) is 0. The molecule has 3 nitrogen and oxygen atoms in total. The van der Waals surface area contributed by atoms with E-state index >= 15 is 0 Å². The van der Waals surface area contributed by atoms with Gasteiger partial charge in [-0.15, -0.1) is 0 Å². The van der Waals surface area contributed by atoms with Crippen LogP contribution in [0.5, 0.6) is 5.75 Å². The Morgan fingerprint density at radius 3 is 3.00 bits per heavy atom. The van der Waals surface area contributed by atoms with Crippen LogP contribution in [0.15, 0.2) is 12.1 Å². The molecule has 1 aliphatic rings.